The Morgan fingerprint density at radius 1 is 0.708 bits per heavy atom. The zero-order valence-corrected chi connectivity index (χ0v) is 14.9. The first kappa shape index (κ1) is 21.9. The maximum absolute atomic E-state index is 10.3. The molecule has 0 fully saturated rings. The predicted molar refractivity (Wildman–Crippen MR) is 105 cm³/mol. The van der Waals surface area contributed by atoms with E-state index in [1.54, 1.807) is 0 Å². The highest BCUT2D eigenvalue weighted by atomic mass is 16.4. The Balaban J connectivity index is 3.60. The molecule has 0 aliphatic carbocycles. The summed E-state index contributed by atoms with van der Waals surface area (Å²) in [5.41, 5.74) is 0. The maximum atomic E-state index is 10.3. The quantitative estimate of drug-likeness (QED) is 0.223. The van der Waals surface area contributed by atoms with E-state index < -0.39 is 5.97 Å². The fourth-order valence-electron chi connectivity index (χ4n) is 1.85. The number of carboxylic acid groups (broad SMARTS) is 1. The second kappa shape index (κ2) is 19.0. The molecular weight excluding hydrogens is 296 g/mol. The molecule has 0 unspecified atom stereocenters. The minimum atomic E-state index is -0.730. The minimum absolute atomic E-state index is 0.238. The number of allylic oxidation sites excluding steroid dienone is 12. The Morgan fingerprint density at radius 2 is 1.25 bits per heavy atom. The van der Waals surface area contributed by atoms with Crippen molar-refractivity contribution in [3.8, 4) is 0 Å². The van der Waals surface area contributed by atoms with E-state index in [1.807, 2.05) is 42.5 Å². The minimum Gasteiger partial charge on any atom is -0.481 e. The molecular formula is C22H32O2. The Bertz CT molecular complexity index is 462. The number of carboxylic acids is 1. The Labute approximate surface area is 147 Å². The molecule has 132 valence electrons. The van der Waals surface area contributed by atoms with E-state index in [9.17, 15) is 4.79 Å². The molecule has 0 aromatic carbocycles. The average Bonchev–Trinajstić information content (AvgIpc) is 2.56. The summed E-state index contributed by atoms with van der Waals surface area (Å²) in [5.74, 6) is -0.730. The first-order valence-electron chi connectivity index (χ1n) is 8.94. The van der Waals surface area contributed by atoms with E-state index in [0.29, 0.717) is 6.42 Å². The van der Waals surface area contributed by atoms with Crippen LogP contribution in [0.5, 0.6) is 0 Å². The number of carbonyl (C=O) groups is 1. The summed E-state index contributed by atoms with van der Waals surface area (Å²) in [6.07, 6.45) is 32.4. The van der Waals surface area contributed by atoms with Gasteiger partial charge in [0.15, 0.2) is 0 Å². The van der Waals surface area contributed by atoms with Crippen LogP contribution < -0.4 is 0 Å². The van der Waals surface area contributed by atoms with E-state index in [-0.39, 0.29) is 6.42 Å². The summed E-state index contributed by atoms with van der Waals surface area (Å²) >= 11 is 0. The monoisotopic (exact) mass is 328 g/mol. The molecule has 0 radical (unpaired) electrons. The lowest BCUT2D eigenvalue weighted by Crippen LogP contribution is -1.92. The second-order valence-corrected chi connectivity index (χ2v) is 5.47. The lowest BCUT2D eigenvalue weighted by Gasteiger charge is -1.88. The Morgan fingerprint density at radius 3 is 1.92 bits per heavy atom. The van der Waals surface area contributed by atoms with E-state index in [2.05, 4.69) is 37.3 Å². The van der Waals surface area contributed by atoms with Crippen LogP contribution in [0.4, 0.5) is 0 Å². The van der Waals surface area contributed by atoms with Crippen LogP contribution in [-0.4, -0.2) is 11.1 Å². The van der Waals surface area contributed by atoms with Crippen molar-refractivity contribution in [3.63, 3.8) is 0 Å². The van der Waals surface area contributed by atoms with E-state index >= 15 is 0 Å². The van der Waals surface area contributed by atoms with Crippen LogP contribution in [-0.2, 0) is 4.79 Å². The van der Waals surface area contributed by atoms with E-state index in [0.717, 1.165) is 19.3 Å². The van der Waals surface area contributed by atoms with Crippen molar-refractivity contribution in [3.05, 3.63) is 72.9 Å². The van der Waals surface area contributed by atoms with Crippen LogP contribution in [0.25, 0.3) is 0 Å². The molecule has 1 N–H and O–H groups in total. The molecule has 0 saturated carbocycles. The van der Waals surface area contributed by atoms with Gasteiger partial charge in [0.2, 0.25) is 0 Å². The van der Waals surface area contributed by atoms with Crippen molar-refractivity contribution in [2.24, 2.45) is 0 Å². The summed E-state index contributed by atoms with van der Waals surface area (Å²) < 4.78 is 0. The third-order valence-electron chi connectivity index (χ3n) is 3.19. The number of rotatable bonds is 14. The first-order chi connectivity index (χ1) is 11.8. The van der Waals surface area contributed by atoms with Gasteiger partial charge in [0.1, 0.15) is 0 Å². The third-order valence-corrected chi connectivity index (χ3v) is 3.19. The molecule has 0 bridgehead atoms. The molecule has 0 heterocycles. The Kier molecular flexibility index (Phi) is 17.3. The van der Waals surface area contributed by atoms with Crippen molar-refractivity contribution in [1.82, 2.24) is 0 Å². The summed E-state index contributed by atoms with van der Waals surface area (Å²) in [7, 11) is 0. The normalized spacial score (nSPS) is 13.0. The largest absolute Gasteiger partial charge is 0.481 e. The van der Waals surface area contributed by atoms with Gasteiger partial charge >= 0.3 is 5.97 Å². The van der Waals surface area contributed by atoms with Crippen molar-refractivity contribution in [2.45, 2.75) is 58.3 Å². The lowest BCUT2D eigenvalue weighted by atomic mass is 10.2. The highest BCUT2D eigenvalue weighted by Crippen LogP contribution is 1.98. The number of hydrogen-bond acceptors (Lipinski definition) is 1. The number of hydrogen-bond donors (Lipinski definition) is 1. The SMILES string of the molecule is CCCCC=CCC=CCC=CC=CC=CC=CCCCC(=O)O. The molecule has 0 aliphatic heterocycles. The lowest BCUT2D eigenvalue weighted by molar-refractivity contribution is -0.137. The molecule has 0 amide bonds. The molecule has 0 atom stereocenters. The zero-order chi connectivity index (χ0) is 17.7. The zero-order valence-electron chi connectivity index (χ0n) is 14.9. The van der Waals surface area contributed by atoms with Gasteiger partial charge < -0.3 is 5.11 Å². The molecule has 0 aromatic rings. The summed E-state index contributed by atoms with van der Waals surface area (Å²) in [5, 5.41) is 8.50. The molecule has 0 rings (SSSR count). The standard InChI is InChI=1S/C22H32O2/c1-2-3-4-5-6-7-8-9-10-11-12-13-14-15-16-17-18-19-20-21-22(23)24/h5-6,8-9,11-18H,2-4,7,10,19-21H2,1H3,(H,23,24). The first-order valence-corrected chi connectivity index (χ1v) is 8.94. The van der Waals surface area contributed by atoms with Crippen LogP contribution in [0.3, 0.4) is 0 Å². The third kappa shape index (κ3) is 19.9. The van der Waals surface area contributed by atoms with Crippen molar-refractivity contribution in [2.75, 3.05) is 0 Å². The van der Waals surface area contributed by atoms with Gasteiger partial charge in [0, 0.05) is 6.42 Å². The summed E-state index contributed by atoms with van der Waals surface area (Å²) in [6, 6.07) is 0. The van der Waals surface area contributed by atoms with Gasteiger partial charge in [0.05, 0.1) is 0 Å². The highest BCUT2D eigenvalue weighted by molar-refractivity contribution is 5.66. The molecule has 2 nitrogen and oxygen atoms in total. The molecule has 0 aromatic heterocycles. The van der Waals surface area contributed by atoms with Gasteiger partial charge in [0.25, 0.3) is 0 Å². The van der Waals surface area contributed by atoms with Crippen molar-refractivity contribution in [1.29, 1.82) is 0 Å². The van der Waals surface area contributed by atoms with Gasteiger partial charge in [-0.05, 0) is 32.1 Å². The van der Waals surface area contributed by atoms with Crippen LogP contribution in [0.15, 0.2) is 72.9 Å². The molecule has 24 heavy (non-hydrogen) atoms. The number of aliphatic carboxylic acids is 1. The highest BCUT2D eigenvalue weighted by Gasteiger charge is 1.92. The fourth-order valence-corrected chi connectivity index (χ4v) is 1.85. The van der Waals surface area contributed by atoms with Crippen molar-refractivity contribution < 1.29 is 9.90 Å². The molecule has 0 spiro atoms. The van der Waals surface area contributed by atoms with Crippen molar-refractivity contribution >= 4 is 5.97 Å². The van der Waals surface area contributed by atoms with Gasteiger partial charge in [-0.25, -0.2) is 0 Å². The smallest absolute Gasteiger partial charge is 0.303 e. The van der Waals surface area contributed by atoms with Gasteiger partial charge in [-0.3, -0.25) is 4.79 Å². The molecule has 0 aliphatic rings. The fraction of sp³-hybridized carbons (Fsp3) is 0.409. The van der Waals surface area contributed by atoms with Crippen LogP contribution >= 0.6 is 0 Å². The van der Waals surface area contributed by atoms with Crippen LogP contribution in [0.2, 0.25) is 0 Å². The number of unbranched alkanes of at least 4 members (excludes halogenated alkanes) is 3. The summed E-state index contributed by atoms with van der Waals surface area (Å²) in [6.45, 7) is 2.21. The van der Waals surface area contributed by atoms with E-state index in [4.69, 9.17) is 5.11 Å². The molecule has 2 heteroatoms. The van der Waals surface area contributed by atoms with Crippen LogP contribution in [0.1, 0.15) is 58.3 Å². The average molecular weight is 328 g/mol. The second-order valence-electron chi connectivity index (χ2n) is 5.47. The Hall–Kier alpha value is -2.09. The summed E-state index contributed by atoms with van der Waals surface area (Å²) in [4.78, 5) is 10.3. The van der Waals surface area contributed by atoms with Gasteiger partial charge in [-0.2, -0.15) is 0 Å². The molecule has 0 saturated heterocycles. The maximum Gasteiger partial charge on any atom is 0.303 e. The van der Waals surface area contributed by atoms with E-state index in [1.165, 1.54) is 19.3 Å². The van der Waals surface area contributed by atoms with Gasteiger partial charge in [-0.1, -0.05) is 92.7 Å². The van der Waals surface area contributed by atoms with Crippen LogP contribution in [0, 0.1) is 0 Å². The van der Waals surface area contributed by atoms with Gasteiger partial charge in [-0.15, -0.1) is 0 Å². The topological polar surface area (TPSA) is 37.3 Å². The predicted octanol–water partition coefficient (Wildman–Crippen LogP) is 6.55.